The number of rotatable bonds is 2. The van der Waals surface area contributed by atoms with Crippen LogP contribution in [0, 0.1) is 6.20 Å². The first kappa shape index (κ1) is 25.0. The molecule has 1 aliphatic carbocycles. The van der Waals surface area contributed by atoms with E-state index in [1.54, 1.807) is 0 Å². The number of aromatic nitrogens is 2. The van der Waals surface area contributed by atoms with Gasteiger partial charge in [-0.25, -0.2) is 0 Å². The fourth-order valence-corrected chi connectivity index (χ4v) is 3.58. The molecule has 1 N–H and O–H groups in total. The van der Waals surface area contributed by atoms with E-state index in [1.807, 2.05) is 12.4 Å². The second kappa shape index (κ2) is 10.3. The number of carbonyl (C=O) groups is 1. The minimum absolute atomic E-state index is 0. The molecule has 3 aromatic rings. The van der Waals surface area contributed by atoms with Gasteiger partial charge in [0.1, 0.15) is 0 Å². The van der Waals surface area contributed by atoms with Crippen LogP contribution in [-0.4, -0.2) is 20.9 Å². The summed E-state index contributed by atoms with van der Waals surface area (Å²) in [6.07, 6.45) is 12.6. The van der Waals surface area contributed by atoms with Gasteiger partial charge in [-0.2, -0.15) is 0 Å². The number of aryl methyl sites for hydroxylation is 2. The topological polar surface area (TPSA) is 76.2 Å². The number of aliphatic hydroxyl groups is 1. The van der Waals surface area contributed by atoms with Gasteiger partial charge in [-0.3, -0.25) is 4.79 Å². The molecule has 0 atom stereocenters. The minimum Gasteiger partial charge on any atom is -0.512 e. The Kier molecular flexibility index (Phi) is 8.33. The number of nitrogens with zero attached hydrogens (tertiary/aromatic N) is 2. The van der Waals surface area contributed by atoms with Gasteiger partial charge in [-0.15, -0.1) is 0 Å². The van der Waals surface area contributed by atoms with Crippen molar-refractivity contribution in [2.24, 2.45) is 0 Å². The number of allylic oxidation sites excluding steroid dienone is 2. The van der Waals surface area contributed by atoms with Crippen molar-refractivity contribution < 1.29 is 34.4 Å². The molecule has 0 aromatic carbocycles. The molecule has 3 heterocycles. The van der Waals surface area contributed by atoms with Gasteiger partial charge in [0.15, 0.2) is 5.78 Å². The Balaban J connectivity index is 0.000000373. The monoisotopic (exact) mass is 598 g/mol. The first-order valence-electron chi connectivity index (χ1n) is 10.3. The molecule has 0 bridgehead atoms. The van der Waals surface area contributed by atoms with E-state index in [0.29, 0.717) is 0 Å². The van der Waals surface area contributed by atoms with Crippen LogP contribution in [0.5, 0.6) is 0 Å². The Morgan fingerprint density at radius 1 is 1.16 bits per heavy atom. The summed E-state index contributed by atoms with van der Waals surface area (Å²) in [5.41, 5.74) is 5.30. The third-order valence-corrected chi connectivity index (χ3v) is 5.11. The summed E-state index contributed by atoms with van der Waals surface area (Å²) < 4.78 is 6.16. The molecule has 1 aliphatic rings. The number of hydrogen-bond donors (Lipinski definition) is 1. The Bertz CT molecular complexity index is 1070. The van der Waals surface area contributed by atoms with Crippen molar-refractivity contribution in [2.75, 3.05) is 0 Å². The zero-order chi connectivity index (χ0) is 21.9. The molecule has 0 fully saturated rings. The fourth-order valence-electron chi connectivity index (χ4n) is 3.58. The van der Waals surface area contributed by atoms with E-state index in [4.69, 9.17) is 9.52 Å². The molecule has 167 valence electrons. The maximum atomic E-state index is 10.0. The van der Waals surface area contributed by atoms with Crippen molar-refractivity contribution in [1.29, 1.82) is 0 Å². The molecule has 5 nitrogen and oxygen atoms in total. The maximum Gasteiger partial charge on any atom is 0.155 e. The van der Waals surface area contributed by atoms with E-state index in [1.165, 1.54) is 43.9 Å². The van der Waals surface area contributed by atoms with Gasteiger partial charge >= 0.3 is 0 Å². The fraction of sp³-hybridized carbons (Fsp3) is 0.400. The van der Waals surface area contributed by atoms with E-state index < -0.39 is 0 Å². The van der Waals surface area contributed by atoms with Crippen molar-refractivity contribution in [3.05, 3.63) is 59.4 Å². The molecule has 0 amide bonds. The normalized spacial score (nSPS) is 13.6. The van der Waals surface area contributed by atoms with E-state index in [2.05, 4.69) is 49.1 Å². The smallest absolute Gasteiger partial charge is 0.155 e. The number of pyridine rings is 2. The number of hydrogen-bond acceptors (Lipinski definition) is 5. The molecule has 0 saturated carbocycles. The van der Waals surface area contributed by atoms with Crippen molar-refractivity contribution in [1.82, 2.24) is 9.97 Å². The summed E-state index contributed by atoms with van der Waals surface area (Å²) >= 11 is 0. The molecule has 0 saturated heterocycles. The Morgan fingerprint density at radius 2 is 1.87 bits per heavy atom. The van der Waals surface area contributed by atoms with Crippen LogP contribution >= 0.6 is 0 Å². The first-order valence-corrected chi connectivity index (χ1v) is 10.3. The van der Waals surface area contributed by atoms with Gasteiger partial charge < -0.3 is 19.5 Å². The molecule has 3 aromatic heterocycles. The van der Waals surface area contributed by atoms with E-state index in [-0.39, 0.29) is 37.1 Å². The molecule has 0 spiro atoms. The Morgan fingerprint density at radius 3 is 2.42 bits per heavy atom. The standard InChI is InChI=1S/C20H21N2O.C5H8O2.Ir/c1-20(2,3)13-8-9-17(22-10-13)16-12-21-11-15-14-6-4-5-7-18(14)23-19(15)16;1-4(6)3-5(2)7;/h8-11H,4-7H2,1-3H3;3,6H,1-2H3;/q-1;;/b;4-3-;. The van der Waals surface area contributed by atoms with Gasteiger partial charge in [0, 0.05) is 38.8 Å². The van der Waals surface area contributed by atoms with Crippen molar-refractivity contribution in [3.8, 4) is 11.3 Å². The van der Waals surface area contributed by atoms with Crippen LogP contribution < -0.4 is 0 Å². The number of aliphatic hydroxyl groups excluding tert-OH is 1. The number of fused-ring (bicyclic) bond motifs is 3. The molecule has 0 aliphatic heterocycles. The van der Waals surface area contributed by atoms with Crippen LogP contribution in [0.3, 0.4) is 0 Å². The zero-order valence-electron chi connectivity index (χ0n) is 18.7. The summed E-state index contributed by atoms with van der Waals surface area (Å²) in [4.78, 5) is 19.0. The van der Waals surface area contributed by atoms with Crippen LogP contribution in [0.4, 0.5) is 0 Å². The van der Waals surface area contributed by atoms with Crippen LogP contribution in [0.15, 0.2) is 40.8 Å². The van der Waals surface area contributed by atoms with E-state index >= 15 is 0 Å². The largest absolute Gasteiger partial charge is 0.512 e. The molecule has 0 unspecified atom stereocenters. The molecule has 31 heavy (non-hydrogen) atoms. The predicted octanol–water partition coefficient (Wildman–Crippen LogP) is 5.90. The predicted molar refractivity (Wildman–Crippen MR) is 118 cm³/mol. The first-order chi connectivity index (χ1) is 14.2. The Labute approximate surface area is 197 Å². The van der Waals surface area contributed by atoms with E-state index in [0.717, 1.165) is 40.8 Å². The number of furan rings is 1. The molecular weight excluding hydrogens is 569 g/mol. The average Bonchev–Trinajstić information content (AvgIpc) is 3.05. The van der Waals surface area contributed by atoms with Crippen molar-refractivity contribution in [2.45, 2.75) is 65.7 Å². The van der Waals surface area contributed by atoms with Crippen molar-refractivity contribution >= 4 is 16.8 Å². The van der Waals surface area contributed by atoms with Gasteiger partial charge in [0.05, 0.1) is 17.1 Å². The minimum atomic E-state index is -0.125. The summed E-state index contributed by atoms with van der Waals surface area (Å²) in [5, 5.41) is 9.50. The van der Waals surface area contributed by atoms with Gasteiger partial charge in [-0.05, 0) is 73.1 Å². The van der Waals surface area contributed by atoms with Crippen LogP contribution in [-0.2, 0) is 43.2 Å². The van der Waals surface area contributed by atoms with Crippen molar-refractivity contribution in [3.63, 3.8) is 0 Å². The third kappa shape index (κ3) is 6.11. The second-order valence-corrected chi connectivity index (χ2v) is 8.78. The van der Waals surface area contributed by atoms with Gasteiger partial charge in [0.2, 0.25) is 0 Å². The third-order valence-electron chi connectivity index (χ3n) is 5.11. The summed E-state index contributed by atoms with van der Waals surface area (Å²) in [6.45, 7) is 9.43. The van der Waals surface area contributed by atoms with E-state index in [9.17, 15) is 4.79 Å². The molecule has 1 radical (unpaired) electrons. The SMILES string of the molecule is CC(=O)/C=C(/C)O.CC(C)(C)c1ccc(-c2[c-]ncc3c4c(oc23)CCCC4)nc1.[Ir]. The second-order valence-electron chi connectivity index (χ2n) is 8.78. The quantitative estimate of drug-likeness (QED) is 0.226. The van der Waals surface area contributed by atoms with Gasteiger partial charge in [-0.1, -0.05) is 38.5 Å². The van der Waals surface area contributed by atoms with Crippen LogP contribution in [0.2, 0.25) is 0 Å². The number of carbonyl (C=O) groups excluding carboxylic acids is 1. The summed E-state index contributed by atoms with van der Waals surface area (Å²) in [6, 6.07) is 4.19. The number of ketones is 1. The zero-order valence-corrected chi connectivity index (χ0v) is 21.1. The maximum absolute atomic E-state index is 10.0. The molecule has 4 rings (SSSR count). The van der Waals surface area contributed by atoms with Crippen LogP contribution in [0.1, 0.15) is 64.3 Å². The summed E-state index contributed by atoms with van der Waals surface area (Å²) in [7, 11) is 0. The molecule has 6 heteroatoms. The average molecular weight is 598 g/mol. The summed E-state index contributed by atoms with van der Waals surface area (Å²) in [5.74, 6) is 1.06. The Hall–Kier alpha value is -2.30. The van der Waals surface area contributed by atoms with Gasteiger partial charge in [0.25, 0.3) is 0 Å². The van der Waals surface area contributed by atoms with Crippen LogP contribution in [0.25, 0.3) is 22.2 Å². The molecular formula is C25H29IrN2O3-.